The molecule has 1 aromatic heterocycles. The van der Waals surface area contributed by atoms with Gasteiger partial charge in [0.1, 0.15) is 5.52 Å². The number of carbonyl (C=O) groups excluding carboxylic acids is 1. The van der Waals surface area contributed by atoms with Gasteiger partial charge in [-0.3, -0.25) is 0 Å². The van der Waals surface area contributed by atoms with E-state index in [0.717, 1.165) is 11.0 Å². The van der Waals surface area contributed by atoms with E-state index in [2.05, 4.69) is 15.5 Å². The molecule has 6 nitrogen and oxygen atoms in total. The molecule has 0 aliphatic rings. The molecule has 0 N–H and O–H groups in total. The molecule has 0 aliphatic heterocycles. The minimum absolute atomic E-state index is 0.405. The fourth-order valence-corrected chi connectivity index (χ4v) is 2.03. The van der Waals surface area contributed by atoms with E-state index in [9.17, 15) is 4.79 Å². The van der Waals surface area contributed by atoms with Crippen LogP contribution in [0.2, 0.25) is 0 Å². The lowest BCUT2D eigenvalue weighted by molar-refractivity contribution is 0.0514. The van der Waals surface area contributed by atoms with Gasteiger partial charge in [0.25, 0.3) is 0 Å². The Morgan fingerprint density at radius 3 is 2.68 bits per heavy atom. The predicted molar refractivity (Wildman–Crippen MR) is 82.5 cm³/mol. The van der Waals surface area contributed by atoms with Crippen LogP contribution in [0.25, 0.3) is 11.0 Å². The third kappa shape index (κ3) is 3.01. The Balaban J connectivity index is 1.69. The van der Waals surface area contributed by atoms with Crippen molar-refractivity contribution in [1.29, 1.82) is 0 Å². The molecule has 0 spiro atoms. The predicted octanol–water partition coefficient (Wildman–Crippen LogP) is 2.66. The van der Waals surface area contributed by atoms with Crippen LogP contribution in [0.1, 0.15) is 17.3 Å². The van der Waals surface area contributed by atoms with Crippen LogP contribution in [-0.4, -0.2) is 26.7 Å². The lowest BCUT2D eigenvalue weighted by Gasteiger charge is -2.02. The standard InChI is InChI=1S/C16H14N4O2/c1-12(18-22-16(21)13-7-3-2-4-8-13)11-20-15-10-6-5-9-14(15)17-19-20/h2-10H,11H2,1H3/b18-12+. The molecular weight excluding hydrogens is 280 g/mol. The van der Waals surface area contributed by atoms with Crippen LogP contribution in [0.3, 0.4) is 0 Å². The van der Waals surface area contributed by atoms with Crippen LogP contribution >= 0.6 is 0 Å². The summed E-state index contributed by atoms with van der Waals surface area (Å²) in [6.45, 7) is 2.18. The number of nitrogens with zero attached hydrogens (tertiary/aromatic N) is 4. The highest BCUT2D eigenvalue weighted by molar-refractivity contribution is 5.90. The smallest absolute Gasteiger partial charge is 0.313 e. The first-order valence-electron chi connectivity index (χ1n) is 6.82. The molecule has 0 saturated carbocycles. The van der Waals surface area contributed by atoms with E-state index in [0.29, 0.717) is 17.8 Å². The molecule has 6 heteroatoms. The SMILES string of the molecule is C/C(Cn1nnc2ccccc21)=N\OC(=O)c1ccccc1. The van der Waals surface area contributed by atoms with Gasteiger partial charge in [0.15, 0.2) is 0 Å². The molecule has 0 amide bonds. The lowest BCUT2D eigenvalue weighted by Crippen LogP contribution is -2.10. The van der Waals surface area contributed by atoms with E-state index in [-0.39, 0.29) is 0 Å². The summed E-state index contributed by atoms with van der Waals surface area (Å²) in [5.41, 5.74) is 2.81. The summed E-state index contributed by atoms with van der Waals surface area (Å²) in [7, 11) is 0. The van der Waals surface area contributed by atoms with E-state index >= 15 is 0 Å². The number of fused-ring (bicyclic) bond motifs is 1. The summed E-state index contributed by atoms with van der Waals surface area (Å²) in [6, 6.07) is 16.4. The van der Waals surface area contributed by atoms with Crippen molar-refractivity contribution in [2.45, 2.75) is 13.5 Å². The Hall–Kier alpha value is -3.02. The van der Waals surface area contributed by atoms with Gasteiger partial charge in [-0.2, -0.15) is 0 Å². The largest absolute Gasteiger partial charge is 0.365 e. The van der Waals surface area contributed by atoms with Gasteiger partial charge in [0.05, 0.1) is 23.3 Å². The lowest BCUT2D eigenvalue weighted by atomic mass is 10.2. The van der Waals surface area contributed by atoms with Crippen LogP contribution in [0.4, 0.5) is 0 Å². The van der Waals surface area contributed by atoms with E-state index in [1.807, 2.05) is 30.3 Å². The minimum Gasteiger partial charge on any atom is -0.313 e. The molecule has 0 radical (unpaired) electrons. The second-order valence-corrected chi connectivity index (χ2v) is 4.81. The Kier molecular flexibility index (Phi) is 3.91. The number of hydrogen-bond donors (Lipinski definition) is 0. The highest BCUT2D eigenvalue weighted by Gasteiger charge is 2.07. The highest BCUT2D eigenvalue weighted by atomic mass is 16.7. The molecule has 2 aromatic carbocycles. The van der Waals surface area contributed by atoms with E-state index in [4.69, 9.17) is 4.84 Å². The second-order valence-electron chi connectivity index (χ2n) is 4.81. The average molecular weight is 294 g/mol. The summed E-state index contributed by atoms with van der Waals surface area (Å²) < 4.78 is 1.71. The van der Waals surface area contributed by atoms with Gasteiger partial charge in [-0.15, -0.1) is 5.10 Å². The van der Waals surface area contributed by atoms with Crippen molar-refractivity contribution in [1.82, 2.24) is 15.0 Å². The Bertz CT molecular complexity index is 824. The first kappa shape index (κ1) is 13.9. The van der Waals surface area contributed by atoms with E-state index < -0.39 is 5.97 Å². The molecule has 0 aliphatic carbocycles. The van der Waals surface area contributed by atoms with Crippen molar-refractivity contribution in [2.24, 2.45) is 5.16 Å². The summed E-state index contributed by atoms with van der Waals surface area (Å²) in [5.74, 6) is -0.483. The van der Waals surface area contributed by atoms with E-state index in [1.165, 1.54) is 0 Å². The average Bonchev–Trinajstić information content (AvgIpc) is 2.97. The zero-order valence-electron chi connectivity index (χ0n) is 12.0. The quantitative estimate of drug-likeness (QED) is 0.421. The van der Waals surface area contributed by atoms with Crippen LogP contribution in [0.15, 0.2) is 59.8 Å². The fraction of sp³-hybridized carbons (Fsp3) is 0.125. The normalized spacial score (nSPS) is 11.6. The van der Waals surface area contributed by atoms with Gasteiger partial charge >= 0.3 is 5.97 Å². The van der Waals surface area contributed by atoms with Gasteiger partial charge in [0, 0.05) is 0 Å². The Morgan fingerprint density at radius 2 is 1.86 bits per heavy atom. The van der Waals surface area contributed by atoms with Crippen molar-refractivity contribution in [3.8, 4) is 0 Å². The minimum atomic E-state index is -0.483. The molecule has 0 fully saturated rings. The van der Waals surface area contributed by atoms with Gasteiger partial charge in [-0.1, -0.05) is 40.7 Å². The van der Waals surface area contributed by atoms with Crippen molar-refractivity contribution in [3.05, 3.63) is 60.2 Å². The van der Waals surface area contributed by atoms with Gasteiger partial charge in [-0.25, -0.2) is 9.48 Å². The van der Waals surface area contributed by atoms with Gasteiger partial charge in [0.2, 0.25) is 0 Å². The van der Waals surface area contributed by atoms with Crippen molar-refractivity contribution >= 4 is 22.7 Å². The third-order valence-corrected chi connectivity index (χ3v) is 3.09. The Labute approximate surface area is 127 Å². The molecule has 0 unspecified atom stereocenters. The second kappa shape index (κ2) is 6.17. The number of benzene rings is 2. The Morgan fingerprint density at radius 1 is 1.14 bits per heavy atom. The number of carbonyl (C=O) groups is 1. The van der Waals surface area contributed by atoms with Crippen molar-refractivity contribution in [2.75, 3.05) is 0 Å². The number of rotatable bonds is 4. The zero-order valence-corrected chi connectivity index (χ0v) is 12.0. The molecular formula is C16H14N4O2. The van der Waals surface area contributed by atoms with Crippen LogP contribution in [0, 0.1) is 0 Å². The molecule has 0 atom stereocenters. The molecule has 3 rings (SSSR count). The van der Waals surface area contributed by atoms with Crippen molar-refractivity contribution < 1.29 is 9.63 Å². The van der Waals surface area contributed by atoms with Crippen molar-refractivity contribution in [3.63, 3.8) is 0 Å². The molecule has 110 valence electrons. The first-order valence-corrected chi connectivity index (χ1v) is 6.82. The molecule has 22 heavy (non-hydrogen) atoms. The fourth-order valence-electron chi connectivity index (χ4n) is 2.03. The monoisotopic (exact) mass is 294 g/mol. The number of aromatic nitrogens is 3. The van der Waals surface area contributed by atoms with Gasteiger partial charge < -0.3 is 4.84 Å². The third-order valence-electron chi connectivity index (χ3n) is 3.09. The van der Waals surface area contributed by atoms with Crippen LogP contribution in [0.5, 0.6) is 0 Å². The van der Waals surface area contributed by atoms with Crippen LogP contribution in [-0.2, 0) is 11.4 Å². The summed E-state index contributed by atoms with van der Waals surface area (Å²) >= 11 is 0. The molecule has 1 heterocycles. The maximum Gasteiger partial charge on any atom is 0.365 e. The highest BCUT2D eigenvalue weighted by Crippen LogP contribution is 2.09. The number of para-hydroxylation sites is 1. The maximum absolute atomic E-state index is 11.8. The summed E-state index contributed by atoms with van der Waals surface area (Å²) in [5, 5.41) is 12.0. The topological polar surface area (TPSA) is 69.4 Å². The molecule has 3 aromatic rings. The van der Waals surface area contributed by atoms with Gasteiger partial charge in [-0.05, 0) is 31.2 Å². The summed E-state index contributed by atoms with van der Waals surface area (Å²) in [4.78, 5) is 16.7. The zero-order chi connectivity index (χ0) is 15.4. The number of oxime groups is 1. The van der Waals surface area contributed by atoms with Crippen LogP contribution < -0.4 is 0 Å². The first-order chi connectivity index (χ1) is 10.7. The molecule has 0 bridgehead atoms. The summed E-state index contributed by atoms with van der Waals surface area (Å²) in [6.07, 6.45) is 0. The van der Waals surface area contributed by atoms with E-state index in [1.54, 1.807) is 35.9 Å². The molecule has 0 saturated heterocycles. The number of hydrogen-bond acceptors (Lipinski definition) is 5. The maximum atomic E-state index is 11.8.